The van der Waals surface area contributed by atoms with Crippen LogP contribution in [0.25, 0.3) is 21.8 Å². The maximum Gasteiger partial charge on any atom is 0.325 e. The van der Waals surface area contributed by atoms with Crippen molar-refractivity contribution in [1.82, 2.24) is 20.3 Å². The molecule has 3 N–H and O–H groups in total. The van der Waals surface area contributed by atoms with Crippen LogP contribution in [0.1, 0.15) is 15.4 Å². The van der Waals surface area contributed by atoms with Gasteiger partial charge in [-0.3, -0.25) is 14.6 Å². The molecular weight excluding hydrogens is 388 g/mol. The molecule has 4 rings (SSSR count). The van der Waals surface area contributed by atoms with E-state index in [1.807, 2.05) is 60.7 Å². The van der Waals surface area contributed by atoms with Crippen molar-refractivity contribution in [2.75, 3.05) is 0 Å². The SMILES string of the molecule is O=C(NCc1cc(=O)[nH]c(=O)[nH]1)c1sc(-c2ccccc2)nc1-c1ccccc1. The molecule has 2 aromatic carbocycles. The van der Waals surface area contributed by atoms with Crippen molar-refractivity contribution < 1.29 is 4.79 Å². The molecule has 7 nitrogen and oxygen atoms in total. The highest BCUT2D eigenvalue weighted by molar-refractivity contribution is 7.17. The molecule has 0 aliphatic carbocycles. The zero-order chi connectivity index (χ0) is 20.2. The standard InChI is InChI=1S/C21H16N4O3S/c26-16-11-15(23-21(28)24-16)12-22-19(27)18-17(13-7-3-1-4-8-13)25-20(29-18)14-9-5-2-6-10-14/h1-11H,12H2,(H,22,27)(H2,23,24,26,28). The summed E-state index contributed by atoms with van der Waals surface area (Å²) in [7, 11) is 0. The fourth-order valence-corrected chi connectivity index (χ4v) is 3.85. The van der Waals surface area contributed by atoms with Crippen LogP contribution in [0.5, 0.6) is 0 Å². The molecule has 0 aliphatic heterocycles. The van der Waals surface area contributed by atoms with E-state index in [0.29, 0.717) is 16.3 Å². The Morgan fingerprint density at radius 3 is 2.24 bits per heavy atom. The van der Waals surface area contributed by atoms with E-state index in [2.05, 4.69) is 15.3 Å². The molecule has 0 bridgehead atoms. The molecule has 2 aromatic heterocycles. The van der Waals surface area contributed by atoms with Crippen molar-refractivity contribution in [2.45, 2.75) is 6.54 Å². The summed E-state index contributed by atoms with van der Waals surface area (Å²) in [4.78, 5) is 45.5. The average molecular weight is 404 g/mol. The van der Waals surface area contributed by atoms with Gasteiger partial charge in [0.15, 0.2) is 0 Å². The minimum absolute atomic E-state index is 0.0186. The Balaban J connectivity index is 1.67. The molecule has 0 saturated heterocycles. The number of amides is 1. The molecule has 0 spiro atoms. The molecule has 0 saturated carbocycles. The summed E-state index contributed by atoms with van der Waals surface area (Å²) in [5.74, 6) is -0.329. The zero-order valence-electron chi connectivity index (χ0n) is 15.1. The van der Waals surface area contributed by atoms with Crippen molar-refractivity contribution in [3.8, 4) is 21.8 Å². The van der Waals surface area contributed by atoms with Crippen molar-refractivity contribution in [1.29, 1.82) is 0 Å². The molecule has 0 aliphatic rings. The van der Waals surface area contributed by atoms with Gasteiger partial charge in [0.05, 0.1) is 12.2 Å². The van der Waals surface area contributed by atoms with E-state index >= 15 is 0 Å². The largest absolute Gasteiger partial charge is 0.346 e. The number of benzene rings is 2. The van der Waals surface area contributed by atoms with Gasteiger partial charge in [0.1, 0.15) is 9.88 Å². The molecule has 29 heavy (non-hydrogen) atoms. The van der Waals surface area contributed by atoms with E-state index in [-0.39, 0.29) is 12.5 Å². The first kappa shape index (κ1) is 18.6. The third-order valence-electron chi connectivity index (χ3n) is 4.16. The number of carbonyl (C=O) groups excluding carboxylic acids is 1. The summed E-state index contributed by atoms with van der Waals surface area (Å²) < 4.78 is 0. The molecule has 0 atom stereocenters. The maximum absolute atomic E-state index is 12.9. The number of thiazole rings is 1. The normalized spacial score (nSPS) is 10.6. The van der Waals surface area contributed by atoms with Crippen LogP contribution < -0.4 is 16.6 Å². The number of hydrogen-bond acceptors (Lipinski definition) is 5. The van der Waals surface area contributed by atoms with Crippen LogP contribution in [0.4, 0.5) is 0 Å². The van der Waals surface area contributed by atoms with Crippen LogP contribution in [0.2, 0.25) is 0 Å². The highest BCUT2D eigenvalue weighted by atomic mass is 32.1. The van der Waals surface area contributed by atoms with Gasteiger partial charge >= 0.3 is 5.69 Å². The molecule has 0 fully saturated rings. The van der Waals surface area contributed by atoms with Gasteiger partial charge in [-0.05, 0) is 0 Å². The van der Waals surface area contributed by atoms with Gasteiger partial charge in [-0.1, -0.05) is 60.7 Å². The van der Waals surface area contributed by atoms with Crippen LogP contribution in [0, 0.1) is 0 Å². The summed E-state index contributed by atoms with van der Waals surface area (Å²) in [5, 5.41) is 3.49. The quantitative estimate of drug-likeness (QED) is 0.475. The van der Waals surface area contributed by atoms with Gasteiger partial charge in [0.2, 0.25) is 0 Å². The monoisotopic (exact) mass is 404 g/mol. The molecular formula is C21H16N4O3S. The van der Waals surface area contributed by atoms with Crippen molar-refractivity contribution in [2.24, 2.45) is 0 Å². The van der Waals surface area contributed by atoms with Gasteiger partial charge in [0, 0.05) is 22.9 Å². The van der Waals surface area contributed by atoms with Gasteiger partial charge in [-0.15, -0.1) is 11.3 Å². The number of H-pyrrole nitrogens is 2. The van der Waals surface area contributed by atoms with Crippen LogP contribution >= 0.6 is 11.3 Å². The topological polar surface area (TPSA) is 108 Å². The van der Waals surface area contributed by atoms with Gasteiger partial charge in [-0.25, -0.2) is 9.78 Å². The predicted octanol–water partition coefficient (Wildman–Crippen LogP) is 2.78. The Bertz CT molecular complexity index is 1230. The van der Waals surface area contributed by atoms with Gasteiger partial charge in [-0.2, -0.15) is 0 Å². The molecule has 8 heteroatoms. The van der Waals surface area contributed by atoms with Gasteiger partial charge in [0.25, 0.3) is 11.5 Å². The lowest BCUT2D eigenvalue weighted by atomic mass is 10.1. The fourth-order valence-electron chi connectivity index (χ4n) is 2.84. The third kappa shape index (κ3) is 4.22. The summed E-state index contributed by atoms with van der Waals surface area (Å²) in [6.07, 6.45) is 0. The summed E-state index contributed by atoms with van der Waals surface area (Å²) >= 11 is 1.29. The molecule has 144 valence electrons. The number of aromatic amines is 2. The average Bonchev–Trinajstić information content (AvgIpc) is 3.18. The first-order valence-electron chi connectivity index (χ1n) is 8.82. The first-order chi connectivity index (χ1) is 14.1. The highest BCUT2D eigenvalue weighted by Gasteiger charge is 2.20. The highest BCUT2D eigenvalue weighted by Crippen LogP contribution is 2.33. The lowest BCUT2D eigenvalue weighted by molar-refractivity contribution is 0.0955. The maximum atomic E-state index is 12.9. The second kappa shape index (κ2) is 8.07. The smallest absolute Gasteiger partial charge is 0.325 e. The van der Waals surface area contributed by atoms with E-state index in [0.717, 1.165) is 16.1 Å². The van der Waals surface area contributed by atoms with Crippen LogP contribution in [0.15, 0.2) is 76.3 Å². The summed E-state index contributed by atoms with van der Waals surface area (Å²) in [5.41, 5.74) is 1.53. The van der Waals surface area contributed by atoms with E-state index in [9.17, 15) is 14.4 Å². The molecule has 0 radical (unpaired) electrons. The van der Waals surface area contributed by atoms with Crippen LogP contribution in [-0.2, 0) is 6.54 Å². The van der Waals surface area contributed by atoms with E-state index in [1.165, 1.54) is 17.4 Å². The minimum atomic E-state index is -0.615. The van der Waals surface area contributed by atoms with Crippen molar-refractivity contribution >= 4 is 17.2 Å². The van der Waals surface area contributed by atoms with Crippen molar-refractivity contribution in [3.05, 3.63) is 98.1 Å². The summed E-state index contributed by atoms with van der Waals surface area (Å²) in [6, 6.07) is 20.4. The Hall–Kier alpha value is -3.78. The fraction of sp³-hybridized carbons (Fsp3) is 0.0476. The third-order valence-corrected chi connectivity index (χ3v) is 5.26. The number of nitrogens with one attached hydrogen (secondary N) is 3. The Morgan fingerprint density at radius 1 is 0.931 bits per heavy atom. The lowest BCUT2D eigenvalue weighted by Crippen LogP contribution is -2.28. The van der Waals surface area contributed by atoms with E-state index < -0.39 is 11.2 Å². The number of nitrogens with zero attached hydrogens (tertiary/aromatic N) is 1. The molecule has 2 heterocycles. The Kier molecular flexibility index (Phi) is 5.17. The zero-order valence-corrected chi connectivity index (χ0v) is 16.0. The lowest BCUT2D eigenvalue weighted by Gasteiger charge is -2.05. The number of aromatic nitrogens is 3. The van der Waals surface area contributed by atoms with Crippen LogP contribution in [-0.4, -0.2) is 20.9 Å². The molecule has 0 unspecified atom stereocenters. The Morgan fingerprint density at radius 2 is 1.59 bits per heavy atom. The Labute approximate surface area is 169 Å². The van der Waals surface area contributed by atoms with E-state index in [1.54, 1.807) is 0 Å². The minimum Gasteiger partial charge on any atom is -0.346 e. The first-order valence-corrected chi connectivity index (χ1v) is 9.64. The van der Waals surface area contributed by atoms with E-state index in [4.69, 9.17) is 4.98 Å². The number of carbonyl (C=O) groups is 1. The second-order valence-corrected chi connectivity index (χ2v) is 7.22. The number of rotatable bonds is 5. The van der Waals surface area contributed by atoms with Crippen LogP contribution in [0.3, 0.4) is 0 Å². The van der Waals surface area contributed by atoms with Gasteiger partial charge < -0.3 is 10.3 Å². The van der Waals surface area contributed by atoms with Crippen molar-refractivity contribution in [3.63, 3.8) is 0 Å². The number of hydrogen-bond donors (Lipinski definition) is 3. The predicted molar refractivity (Wildman–Crippen MR) is 112 cm³/mol. The molecule has 4 aromatic rings. The molecule has 1 amide bonds. The summed E-state index contributed by atoms with van der Waals surface area (Å²) in [6.45, 7) is 0.0186. The second-order valence-electron chi connectivity index (χ2n) is 6.22.